The van der Waals surface area contributed by atoms with Crippen LogP contribution in [-0.2, 0) is 10.8 Å². The first-order valence-electron chi connectivity index (χ1n) is 32.7. The van der Waals surface area contributed by atoms with Gasteiger partial charge in [-0.3, -0.25) is 0 Å². The van der Waals surface area contributed by atoms with Crippen LogP contribution < -0.4 is 4.90 Å². The van der Waals surface area contributed by atoms with Gasteiger partial charge in [-0.2, -0.15) is 0 Å². The van der Waals surface area contributed by atoms with E-state index in [0.29, 0.717) is 11.3 Å². The first kappa shape index (κ1) is 10.5. The van der Waals surface area contributed by atoms with Crippen molar-refractivity contribution in [1.82, 2.24) is 0 Å². The van der Waals surface area contributed by atoms with E-state index in [1.54, 1.807) is 0 Å². The van der Waals surface area contributed by atoms with Crippen molar-refractivity contribution in [1.29, 1.82) is 0 Å². The molecule has 0 atom stereocenters. The van der Waals surface area contributed by atoms with Crippen LogP contribution in [0.1, 0.15) is 99.0 Å². The third-order valence-electron chi connectivity index (χ3n) is 8.63. The summed E-state index contributed by atoms with van der Waals surface area (Å²) in [4.78, 5) is 0.171. The van der Waals surface area contributed by atoms with Crippen LogP contribution in [-0.4, -0.2) is 0 Å². The third kappa shape index (κ3) is 4.00. The Bertz CT molecular complexity index is 4230. The fraction of sp³-hybridized carbons (Fsp3) is 0.125. The van der Waals surface area contributed by atoms with Crippen molar-refractivity contribution >= 4 is 48.6 Å². The van der Waals surface area contributed by atoms with E-state index in [9.17, 15) is 20.6 Å². The number of anilines is 3. The van der Waals surface area contributed by atoms with E-state index in [0.717, 1.165) is 6.07 Å². The van der Waals surface area contributed by atoms with Gasteiger partial charge in [0.1, 0.15) is 0 Å². The fourth-order valence-corrected chi connectivity index (χ4v) is 7.54. The molecule has 0 bridgehead atoms. The molecule has 0 saturated carbocycles. The van der Waals surface area contributed by atoms with Crippen molar-refractivity contribution in [3.63, 3.8) is 0 Å². The second-order valence-electron chi connectivity index (χ2n) is 11.3. The molecule has 0 saturated heterocycles. The molecule has 240 valence electrons. The number of thiophene rings is 1. The zero-order valence-electron chi connectivity index (χ0n) is 60.9. The minimum atomic E-state index is -4.11. The van der Waals surface area contributed by atoms with Crippen molar-refractivity contribution in [3.8, 4) is 33.4 Å². The maximum Gasteiger partial charge on any atom is 0.0645 e. The predicted octanol–water partition coefficient (Wildman–Crippen LogP) is 13.8. The quantitative estimate of drug-likeness (QED) is 0.177. The lowest BCUT2D eigenvalue weighted by Gasteiger charge is -2.31. The van der Waals surface area contributed by atoms with Crippen LogP contribution in [0.5, 0.6) is 0 Å². The predicted molar refractivity (Wildman–Crippen MR) is 215 cm³/mol. The highest BCUT2D eigenvalue weighted by Gasteiger charge is 2.40. The van der Waals surface area contributed by atoms with E-state index in [1.165, 1.54) is 0 Å². The Kier molecular flexibility index (Phi) is 2.22. The topological polar surface area (TPSA) is 3.24 Å². The molecule has 2 aliphatic carbocycles. The van der Waals surface area contributed by atoms with Gasteiger partial charge in [-0.1, -0.05) is 148 Å². The zero-order valence-corrected chi connectivity index (χ0v) is 25.7. The number of rotatable bonds is 4. The molecule has 0 unspecified atom stereocenters. The van der Waals surface area contributed by atoms with Gasteiger partial charge in [0.15, 0.2) is 0 Å². The average molecular weight is 696 g/mol. The minimum absolute atomic E-state index is 0.137. The Labute approximate surface area is 348 Å². The van der Waals surface area contributed by atoms with E-state index in [2.05, 4.69) is 0 Å². The monoisotopic (exact) mass is 695 g/mol. The molecular formula is C48H37NS. The molecule has 2 aliphatic rings. The number of hydrogen-bond acceptors (Lipinski definition) is 2. The smallest absolute Gasteiger partial charge is 0.0645 e. The van der Waals surface area contributed by atoms with Crippen LogP contribution in [0, 0.1) is 0 Å². The normalized spacial score (nSPS) is 26.0. The number of hydrogen-bond donors (Lipinski definition) is 0. The lowest BCUT2D eigenvalue weighted by molar-refractivity contribution is 0.660. The van der Waals surface area contributed by atoms with Gasteiger partial charge in [0.2, 0.25) is 0 Å². The van der Waals surface area contributed by atoms with Crippen molar-refractivity contribution in [2.45, 2.75) is 38.2 Å². The van der Waals surface area contributed by atoms with Crippen molar-refractivity contribution in [2.24, 2.45) is 0 Å². The molecule has 0 amide bonds. The maximum absolute atomic E-state index is 10.0. The summed E-state index contributed by atoms with van der Waals surface area (Å²) in [5.74, 6) is 0. The molecule has 0 fully saturated rings. The average Bonchev–Trinajstić information content (AvgIpc) is 1.49. The highest BCUT2D eigenvalue weighted by molar-refractivity contribution is 7.26. The van der Waals surface area contributed by atoms with Crippen LogP contribution in [0.25, 0.3) is 53.6 Å². The lowest BCUT2D eigenvalue weighted by Crippen LogP contribution is -2.17. The Morgan fingerprint density at radius 3 is 1.66 bits per heavy atom. The standard InChI is InChI=1S/C48H37NS/c1-47(2)37-19-8-5-15-35(37)44-39(47)21-12-23-41(44)49(42-24-13-22-40-45(42)36-16-6-9-20-38(36)48(40,3)4)31-28-26-30(27-29-31)32-17-11-18-34-33-14-7-10-25-43(33)50-46(32)34/h5-29H,1-4H3/i1D3,2D3,3D3,4D3,5D,6D,7D,8D,9D,10D,11D,12D,13D,14D,15D,16D,17D,19D,20D,21D,22D,23D,24D,25D,26D,27D,28D,29D. The molecule has 10 rings (SSSR count). The Hall–Kier alpha value is -5.44. The fourth-order valence-electron chi connectivity index (χ4n) is 6.44. The summed E-state index contributed by atoms with van der Waals surface area (Å²) in [7, 11) is 0. The lowest BCUT2D eigenvalue weighted by atomic mass is 9.82. The largest absolute Gasteiger partial charge is 0.309 e. The summed E-state index contributed by atoms with van der Waals surface area (Å²) in [5.41, 5.74) is -23.8. The van der Waals surface area contributed by atoms with Crippen LogP contribution in [0.15, 0.2) is 151 Å². The molecule has 0 radical (unpaired) electrons. The van der Waals surface area contributed by atoms with Crippen LogP contribution in [0.4, 0.5) is 17.1 Å². The highest BCUT2D eigenvalue weighted by atomic mass is 32.1. The van der Waals surface area contributed by atoms with Gasteiger partial charge in [-0.15, -0.1) is 11.3 Å². The molecular weight excluding hydrogens is 623 g/mol. The first-order valence-corrected chi connectivity index (χ1v) is 15.5. The third-order valence-corrected chi connectivity index (χ3v) is 9.77. The van der Waals surface area contributed by atoms with Crippen LogP contribution in [0.3, 0.4) is 0 Å². The molecule has 50 heavy (non-hydrogen) atoms. The maximum atomic E-state index is 10.0. The summed E-state index contributed by atoms with van der Waals surface area (Å²) in [6, 6.07) is -27.9. The number of fused-ring (bicyclic) bond motifs is 9. The van der Waals surface area contributed by atoms with Gasteiger partial charge >= 0.3 is 0 Å². The van der Waals surface area contributed by atoms with Crippen molar-refractivity contribution in [3.05, 3.63) is 173 Å². The van der Waals surface area contributed by atoms with E-state index >= 15 is 0 Å². The second kappa shape index (κ2) is 10.5. The zero-order chi connectivity index (χ0) is 64.7. The SMILES string of the molecule is [2H]c1cc2c(sc3c([2H])c([2H])c([2H])c([2H])c32)c(-c2c([2H])c([2H])c(N(c3c([2H])c([2H])c([2H])c4c3-c3c([2H])c([2H])c([2H])c([2H])c3C4(C([2H])([2H])[2H])C([2H])([2H])[2H])c3c([2H])c([2H])c([2H])c4c3-c3c([2H])c([2H])c([2H])c([2H])c3C4(C([2H])([2H])[2H])C([2H])([2H])[2H])c([2H])c2[2H])c1[2H]. The Morgan fingerprint density at radius 2 is 1.04 bits per heavy atom. The molecule has 1 heterocycles. The summed E-state index contributed by atoms with van der Waals surface area (Å²) in [5, 5.41) is -0.320. The van der Waals surface area contributed by atoms with Gasteiger partial charge in [-0.25, -0.2) is 0 Å². The van der Waals surface area contributed by atoms with Gasteiger partial charge in [0.25, 0.3) is 0 Å². The van der Waals surface area contributed by atoms with E-state index in [1.807, 2.05) is 0 Å². The van der Waals surface area contributed by atoms with Gasteiger partial charge in [-0.05, 0) is 74.7 Å². The molecule has 1 aromatic heterocycles. The first-order chi connectivity index (χ1) is 39.3. The second-order valence-corrected chi connectivity index (χ2v) is 12.4. The van der Waals surface area contributed by atoms with E-state index in [4.69, 9.17) is 28.8 Å². The molecule has 0 spiro atoms. The molecule has 7 aromatic carbocycles. The molecule has 8 aromatic rings. The minimum Gasteiger partial charge on any atom is -0.309 e. The van der Waals surface area contributed by atoms with Crippen molar-refractivity contribution < 1.29 is 49.3 Å². The Balaban J connectivity index is 1.55. The van der Waals surface area contributed by atoms with E-state index in [-0.39, 0.29) is 25.1 Å². The molecule has 0 aliphatic heterocycles. The summed E-state index contributed by atoms with van der Waals surface area (Å²) >= 11 is 0.595. The van der Waals surface area contributed by atoms with Gasteiger partial charge in [0, 0.05) is 64.3 Å². The van der Waals surface area contributed by atoms with Crippen LogP contribution in [0.2, 0.25) is 0 Å². The summed E-state index contributed by atoms with van der Waals surface area (Å²) < 4.78 is 329. The van der Waals surface area contributed by atoms with Gasteiger partial charge < -0.3 is 4.90 Å². The number of nitrogens with zero attached hydrogens (tertiary/aromatic N) is 1. The molecule has 0 N–H and O–H groups in total. The van der Waals surface area contributed by atoms with Gasteiger partial charge in [0.05, 0.1) is 44.3 Å². The summed E-state index contributed by atoms with van der Waals surface area (Å²) in [6.07, 6.45) is 0. The van der Waals surface area contributed by atoms with Crippen molar-refractivity contribution in [2.75, 3.05) is 4.90 Å². The Morgan fingerprint density at radius 1 is 0.500 bits per heavy atom. The molecule has 2 heteroatoms. The van der Waals surface area contributed by atoms with E-state index < -0.39 is 256 Å². The highest BCUT2D eigenvalue weighted by Crippen LogP contribution is 2.58. The molecule has 1 nitrogen and oxygen atoms in total. The van der Waals surface area contributed by atoms with Crippen LogP contribution >= 0.6 is 11.3 Å². The summed E-state index contributed by atoms with van der Waals surface area (Å²) in [6.45, 7) is -16.4. The number of benzene rings is 7.